The Morgan fingerprint density at radius 3 is 2.76 bits per heavy atom. The van der Waals surface area contributed by atoms with Crippen molar-refractivity contribution in [2.24, 2.45) is 5.41 Å². The van der Waals surface area contributed by atoms with Crippen LogP contribution in [-0.2, 0) is 0 Å². The van der Waals surface area contributed by atoms with Crippen molar-refractivity contribution in [1.82, 2.24) is 5.32 Å². The van der Waals surface area contributed by atoms with E-state index < -0.39 is 0 Å². The monoisotopic (exact) mass is 317 g/mol. The largest absolute Gasteiger partial charge is 0.396 e. The molecule has 0 aromatic heterocycles. The molecule has 1 aromatic rings. The Morgan fingerprint density at radius 1 is 1.53 bits per heavy atom. The highest BCUT2D eigenvalue weighted by Gasteiger charge is 2.42. The van der Waals surface area contributed by atoms with Crippen molar-refractivity contribution in [3.05, 3.63) is 33.3 Å². The lowest BCUT2D eigenvalue weighted by Gasteiger charge is -2.13. The Hall–Kier alpha value is -0.580. The SMILES string of the molecule is O=C(NCC1(CO)CC1)c1ccc(Cl)cc1Br. The molecule has 0 bridgehead atoms. The van der Waals surface area contributed by atoms with Crippen LogP contribution in [0.1, 0.15) is 23.2 Å². The van der Waals surface area contributed by atoms with E-state index in [-0.39, 0.29) is 17.9 Å². The molecule has 1 fully saturated rings. The first kappa shape index (κ1) is 12.9. The molecule has 2 N–H and O–H groups in total. The number of hydrogen-bond donors (Lipinski definition) is 2. The van der Waals surface area contributed by atoms with Gasteiger partial charge >= 0.3 is 0 Å². The number of hydrogen-bond acceptors (Lipinski definition) is 2. The van der Waals surface area contributed by atoms with Crippen LogP contribution in [-0.4, -0.2) is 24.2 Å². The van der Waals surface area contributed by atoms with Crippen molar-refractivity contribution >= 4 is 33.4 Å². The topological polar surface area (TPSA) is 49.3 Å². The molecule has 1 aliphatic carbocycles. The van der Waals surface area contributed by atoms with Crippen LogP contribution in [0.2, 0.25) is 5.02 Å². The van der Waals surface area contributed by atoms with Crippen LogP contribution < -0.4 is 5.32 Å². The van der Waals surface area contributed by atoms with Crippen molar-refractivity contribution in [2.75, 3.05) is 13.2 Å². The number of aliphatic hydroxyl groups excluding tert-OH is 1. The molecule has 3 nitrogen and oxygen atoms in total. The molecule has 0 aliphatic heterocycles. The van der Waals surface area contributed by atoms with Gasteiger partial charge in [0.2, 0.25) is 0 Å². The molecule has 1 aliphatic rings. The Kier molecular flexibility index (Phi) is 3.76. The molecule has 0 heterocycles. The third kappa shape index (κ3) is 3.00. The van der Waals surface area contributed by atoms with Gasteiger partial charge in [0.15, 0.2) is 0 Å². The summed E-state index contributed by atoms with van der Waals surface area (Å²) < 4.78 is 0.677. The first-order valence-electron chi connectivity index (χ1n) is 5.40. The van der Waals surface area contributed by atoms with E-state index in [1.54, 1.807) is 18.2 Å². The van der Waals surface area contributed by atoms with E-state index in [1.165, 1.54) is 0 Å². The molecule has 0 saturated heterocycles. The zero-order valence-electron chi connectivity index (χ0n) is 9.17. The van der Waals surface area contributed by atoms with Gasteiger partial charge in [0, 0.05) is 21.5 Å². The molecule has 0 atom stereocenters. The van der Waals surface area contributed by atoms with Gasteiger partial charge < -0.3 is 10.4 Å². The minimum absolute atomic E-state index is 0.0748. The number of rotatable bonds is 4. The number of aliphatic hydroxyl groups is 1. The average Bonchev–Trinajstić information content (AvgIpc) is 3.07. The van der Waals surface area contributed by atoms with E-state index in [9.17, 15) is 4.79 Å². The molecule has 17 heavy (non-hydrogen) atoms. The van der Waals surface area contributed by atoms with Gasteiger partial charge in [-0.2, -0.15) is 0 Å². The fourth-order valence-corrected chi connectivity index (χ4v) is 2.47. The quantitative estimate of drug-likeness (QED) is 0.896. The van der Waals surface area contributed by atoms with Gasteiger partial charge in [-0.25, -0.2) is 0 Å². The van der Waals surface area contributed by atoms with Crippen molar-refractivity contribution in [3.8, 4) is 0 Å². The Balaban J connectivity index is 2.00. The second kappa shape index (κ2) is 4.96. The van der Waals surface area contributed by atoms with Gasteiger partial charge in [-0.1, -0.05) is 11.6 Å². The van der Waals surface area contributed by atoms with Crippen molar-refractivity contribution in [3.63, 3.8) is 0 Å². The lowest BCUT2D eigenvalue weighted by molar-refractivity contribution is 0.0934. The van der Waals surface area contributed by atoms with Crippen LogP contribution in [0.3, 0.4) is 0 Å². The van der Waals surface area contributed by atoms with Crippen LogP contribution in [0.4, 0.5) is 0 Å². The molecular weight excluding hydrogens is 305 g/mol. The summed E-state index contributed by atoms with van der Waals surface area (Å²) in [6, 6.07) is 5.05. The number of halogens is 2. The van der Waals surface area contributed by atoms with Crippen molar-refractivity contribution in [1.29, 1.82) is 0 Å². The van der Waals surface area contributed by atoms with Crippen LogP contribution >= 0.6 is 27.5 Å². The van der Waals surface area contributed by atoms with E-state index in [0.29, 0.717) is 21.6 Å². The Labute approximate surface area is 113 Å². The summed E-state index contributed by atoms with van der Waals surface area (Å²) >= 11 is 9.12. The van der Waals surface area contributed by atoms with Crippen LogP contribution in [0.25, 0.3) is 0 Å². The third-order valence-electron chi connectivity index (χ3n) is 3.09. The number of nitrogens with one attached hydrogen (secondary N) is 1. The molecule has 0 spiro atoms. The van der Waals surface area contributed by atoms with Crippen LogP contribution in [0.15, 0.2) is 22.7 Å². The second-order valence-electron chi connectivity index (χ2n) is 4.46. The number of carbonyl (C=O) groups is 1. The van der Waals surface area contributed by atoms with Crippen LogP contribution in [0, 0.1) is 5.41 Å². The van der Waals surface area contributed by atoms with Gasteiger partial charge in [-0.3, -0.25) is 4.79 Å². The van der Waals surface area contributed by atoms with E-state index in [1.807, 2.05) is 0 Å². The summed E-state index contributed by atoms with van der Waals surface area (Å²) in [5.41, 5.74) is 0.484. The van der Waals surface area contributed by atoms with Gasteiger partial charge in [0.25, 0.3) is 5.91 Å². The van der Waals surface area contributed by atoms with Gasteiger partial charge in [-0.15, -0.1) is 0 Å². The number of benzene rings is 1. The molecule has 0 radical (unpaired) electrons. The zero-order chi connectivity index (χ0) is 12.5. The first-order valence-corrected chi connectivity index (χ1v) is 6.58. The minimum Gasteiger partial charge on any atom is -0.396 e. The molecule has 1 aromatic carbocycles. The normalized spacial score (nSPS) is 16.6. The predicted octanol–water partition coefficient (Wildman–Crippen LogP) is 2.60. The highest BCUT2D eigenvalue weighted by molar-refractivity contribution is 9.10. The Morgan fingerprint density at radius 2 is 2.24 bits per heavy atom. The smallest absolute Gasteiger partial charge is 0.252 e. The lowest BCUT2D eigenvalue weighted by atomic mass is 10.1. The minimum atomic E-state index is -0.145. The molecule has 1 saturated carbocycles. The lowest BCUT2D eigenvalue weighted by Crippen LogP contribution is -2.32. The molecule has 1 amide bonds. The summed E-state index contributed by atoms with van der Waals surface area (Å²) in [5.74, 6) is -0.145. The van der Waals surface area contributed by atoms with E-state index in [2.05, 4.69) is 21.2 Å². The fraction of sp³-hybridized carbons (Fsp3) is 0.417. The summed E-state index contributed by atoms with van der Waals surface area (Å²) in [6.07, 6.45) is 1.96. The van der Waals surface area contributed by atoms with E-state index in [4.69, 9.17) is 16.7 Å². The van der Waals surface area contributed by atoms with Crippen LogP contribution in [0.5, 0.6) is 0 Å². The maximum absolute atomic E-state index is 11.9. The van der Waals surface area contributed by atoms with Crippen molar-refractivity contribution in [2.45, 2.75) is 12.8 Å². The molecule has 92 valence electrons. The summed E-state index contributed by atoms with van der Waals surface area (Å²) in [4.78, 5) is 11.9. The standard InChI is InChI=1S/C12H13BrClNO2/c13-10-5-8(14)1-2-9(10)11(17)15-6-12(7-16)3-4-12/h1-2,5,16H,3-4,6-7H2,(H,15,17). The van der Waals surface area contributed by atoms with E-state index in [0.717, 1.165) is 12.8 Å². The number of carbonyl (C=O) groups excluding carboxylic acids is 1. The summed E-state index contributed by atoms with van der Waals surface area (Å²) in [5, 5.41) is 12.6. The second-order valence-corrected chi connectivity index (χ2v) is 5.76. The molecule has 5 heteroatoms. The molecule has 0 unspecified atom stereocenters. The maximum Gasteiger partial charge on any atom is 0.252 e. The van der Waals surface area contributed by atoms with Gasteiger partial charge in [0.05, 0.1) is 12.2 Å². The highest BCUT2D eigenvalue weighted by atomic mass is 79.9. The van der Waals surface area contributed by atoms with Crippen molar-refractivity contribution < 1.29 is 9.90 Å². The third-order valence-corrected chi connectivity index (χ3v) is 3.98. The first-order chi connectivity index (χ1) is 8.06. The van der Waals surface area contributed by atoms with E-state index >= 15 is 0 Å². The average molecular weight is 319 g/mol. The van der Waals surface area contributed by atoms with Gasteiger partial charge in [0.1, 0.15) is 0 Å². The highest BCUT2D eigenvalue weighted by Crippen LogP contribution is 2.44. The zero-order valence-corrected chi connectivity index (χ0v) is 11.5. The Bertz CT molecular complexity index is 446. The summed E-state index contributed by atoms with van der Waals surface area (Å²) in [6.45, 7) is 0.659. The van der Waals surface area contributed by atoms with Gasteiger partial charge in [-0.05, 0) is 47.0 Å². The number of amides is 1. The predicted molar refractivity (Wildman–Crippen MR) is 70.2 cm³/mol. The maximum atomic E-state index is 11.9. The molecular formula is C12H13BrClNO2. The summed E-state index contributed by atoms with van der Waals surface area (Å²) in [7, 11) is 0. The fourth-order valence-electron chi connectivity index (χ4n) is 1.60. The molecule has 2 rings (SSSR count).